The van der Waals surface area contributed by atoms with Crippen LogP contribution in [0.15, 0.2) is 48.8 Å². The van der Waals surface area contributed by atoms with Crippen LogP contribution < -0.4 is 11.1 Å². The summed E-state index contributed by atoms with van der Waals surface area (Å²) in [6.07, 6.45) is 4.52. The zero-order valence-electron chi connectivity index (χ0n) is 16.8. The number of imidazole rings is 1. The molecule has 0 spiro atoms. The lowest BCUT2D eigenvalue weighted by Crippen LogP contribution is -2.15. The maximum Gasteiger partial charge on any atom is 0.222 e. The van der Waals surface area contributed by atoms with Crippen molar-refractivity contribution < 1.29 is 0 Å². The van der Waals surface area contributed by atoms with Crippen molar-refractivity contribution in [2.24, 2.45) is 0 Å². The molecule has 4 aromatic rings. The van der Waals surface area contributed by atoms with Gasteiger partial charge in [0.25, 0.3) is 0 Å². The van der Waals surface area contributed by atoms with Gasteiger partial charge in [0.1, 0.15) is 17.0 Å². The molecule has 0 aliphatic rings. The van der Waals surface area contributed by atoms with E-state index in [9.17, 15) is 0 Å². The second-order valence-corrected chi connectivity index (χ2v) is 6.82. The zero-order chi connectivity index (χ0) is 20.2. The molecule has 0 unspecified atom stereocenters. The minimum Gasteiger partial charge on any atom is -0.368 e. The number of hydrogen-bond donors (Lipinski definition) is 2. The van der Waals surface area contributed by atoms with E-state index < -0.39 is 0 Å². The molecule has 0 radical (unpaired) electrons. The normalized spacial score (nSPS) is 11.2. The molecule has 0 aliphatic heterocycles. The molecule has 29 heavy (non-hydrogen) atoms. The van der Waals surface area contributed by atoms with E-state index in [1.54, 1.807) is 12.4 Å². The highest BCUT2D eigenvalue weighted by Gasteiger charge is 2.18. The van der Waals surface area contributed by atoms with Gasteiger partial charge in [-0.1, -0.05) is 31.2 Å². The number of benzene rings is 1. The Kier molecular flexibility index (Phi) is 5.48. The number of pyridine rings is 1. The lowest BCUT2D eigenvalue weighted by atomic mass is 10.1. The van der Waals surface area contributed by atoms with Gasteiger partial charge in [0.15, 0.2) is 5.65 Å². The summed E-state index contributed by atoms with van der Waals surface area (Å²) < 4.78 is 2.07. The smallest absolute Gasteiger partial charge is 0.222 e. The van der Waals surface area contributed by atoms with E-state index in [0.717, 1.165) is 59.9 Å². The first-order chi connectivity index (χ1) is 14.2. The van der Waals surface area contributed by atoms with Gasteiger partial charge >= 0.3 is 0 Å². The summed E-state index contributed by atoms with van der Waals surface area (Å²) in [5.41, 5.74) is 11.6. The first kappa shape index (κ1) is 19.0. The van der Waals surface area contributed by atoms with E-state index in [-0.39, 0.29) is 5.95 Å². The predicted octanol–water partition coefficient (Wildman–Crippen LogP) is 3.31. The fourth-order valence-electron chi connectivity index (χ4n) is 3.48. The third-order valence-corrected chi connectivity index (χ3v) is 4.93. The first-order valence-electron chi connectivity index (χ1n) is 9.95. The first-order valence-corrected chi connectivity index (χ1v) is 9.95. The topological polar surface area (TPSA) is 94.5 Å². The van der Waals surface area contributed by atoms with Gasteiger partial charge in [-0.15, -0.1) is 0 Å². The van der Waals surface area contributed by atoms with E-state index in [0.29, 0.717) is 0 Å². The summed E-state index contributed by atoms with van der Waals surface area (Å²) in [5, 5.41) is 3.35. The highest BCUT2D eigenvalue weighted by Crippen LogP contribution is 2.30. The Morgan fingerprint density at radius 2 is 1.69 bits per heavy atom. The van der Waals surface area contributed by atoms with E-state index >= 15 is 0 Å². The third-order valence-electron chi connectivity index (χ3n) is 4.93. The molecule has 0 fully saturated rings. The average Bonchev–Trinajstić information content (AvgIpc) is 3.13. The van der Waals surface area contributed by atoms with Crippen molar-refractivity contribution in [2.75, 3.05) is 18.8 Å². The van der Waals surface area contributed by atoms with Crippen molar-refractivity contribution in [3.63, 3.8) is 0 Å². The molecule has 0 saturated heterocycles. The summed E-state index contributed by atoms with van der Waals surface area (Å²) in [5.74, 6) is 1.09. The summed E-state index contributed by atoms with van der Waals surface area (Å²) >= 11 is 0. The number of likely N-dealkylation sites (N-methyl/N-ethyl adjacent to an activating group) is 1. The minimum absolute atomic E-state index is 0.250. The van der Waals surface area contributed by atoms with E-state index in [1.165, 1.54) is 5.56 Å². The van der Waals surface area contributed by atoms with Crippen LogP contribution in [-0.4, -0.2) is 37.6 Å². The average molecular weight is 387 g/mol. The van der Waals surface area contributed by atoms with Gasteiger partial charge < -0.3 is 15.6 Å². The third kappa shape index (κ3) is 3.82. The van der Waals surface area contributed by atoms with E-state index in [1.807, 2.05) is 12.1 Å². The Morgan fingerprint density at radius 3 is 2.38 bits per heavy atom. The standard InChI is InChI=1S/C22H25N7/c1-3-24-12-9-15-5-7-16(8-6-15)18-19-21(28-22(23)27-18)29(4-2)20(26-19)17-10-13-25-14-11-17/h5-8,10-11,13-14,24H,3-4,9,12H2,1-2H3,(H2,23,27,28). The lowest BCUT2D eigenvalue weighted by molar-refractivity contribution is 0.716. The monoisotopic (exact) mass is 387 g/mol. The molecule has 3 heterocycles. The van der Waals surface area contributed by atoms with Crippen molar-refractivity contribution in [2.45, 2.75) is 26.8 Å². The number of nitrogens with two attached hydrogens (primary N) is 1. The van der Waals surface area contributed by atoms with Crippen molar-refractivity contribution in [3.05, 3.63) is 54.4 Å². The number of nitrogens with zero attached hydrogens (tertiary/aromatic N) is 5. The predicted molar refractivity (Wildman–Crippen MR) is 116 cm³/mol. The van der Waals surface area contributed by atoms with Crippen LogP contribution in [0.25, 0.3) is 33.8 Å². The Hall–Kier alpha value is -3.32. The van der Waals surface area contributed by atoms with Crippen LogP contribution in [0, 0.1) is 0 Å². The lowest BCUT2D eigenvalue weighted by Gasteiger charge is -2.07. The molecule has 0 saturated carbocycles. The van der Waals surface area contributed by atoms with E-state index in [4.69, 9.17) is 10.7 Å². The molecule has 1 aromatic carbocycles. The second kappa shape index (κ2) is 8.36. The number of rotatable bonds is 7. The molecule has 4 rings (SSSR count). The van der Waals surface area contributed by atoms with E-state index in [2.05, 4.69) is 62.9 Å². The van der Waals surface area contributed by atoms with Crippen molar-refractivity contribution >= 4 is 17.1 Å². The number of nitrogen functional groups attached to an aromatic ring is 1. The summed E-state index contributed by atoms with van der Waals surface area (Å²) in [7, 11) is 0. The van der Waals surface area contributed by atoms with Gasteiger partial charge in [0.05, 0.1) is 0 Å². The van der Waals surface area contributed by atoms with Gasteiger partial charge in [-0.25, -0.2) is 9.97 Å². The molecular weight excluding hydrogens is 362 g/mol. The Balaban J connectivity index is 1.80. The van der Waals surface area contributed by atoms with Crippen LogP contribution in [0.4, 0.5) is 5.95 Å². The van der Waals surface area contributed by atoms with Crippen molar-refractivity contribution in [1.29, 1.82) is 0 Å². The Labute approximate surface area is 170 Å². The Morgan fingerprint density at radius 1 is 0.931 bits per heavy atom. The van der Waals surface area contributed by atoms with Crippen LogP contribution >= 0.6 is 0 Å². The van der Waals surface area contributed by atoms with Gasteiger partial charge in [0, 0.05) is 30.1 Å². The number of nitrogens with one attached hydrogen (secondary N) is 1. The molecular formula is C22H25N7. The van der Waals surface area contributed by atoms with Crippen LogP contribution in [0.5, 0.6) is 0 Å². The fourth-order valence-corrected chi connectivity index (χ4v) is 3.48. The number of anilines is 1. The van der Waals surface area contributed by atoms with Gasteiger partial charge in [0.2, 0.25) is 5.95 Å². The second-order valence-electron chi connectivity index (χ2n) is 6.82. The van der Waals surface area contributed by atoms with Gasteiger partial charge in [-0.05, 0) is 44.1 Å². The van der Waals surface area contributed by atoms with Crippen LogP contribution in [0.2, 0.25) is 0 Å². The number of fused-ring (bicyclic) bond motifs is 1. The number of aryl methyl sites for hydroxylation is 1. The van der Waals surface area contributed by atoms with Gasteiger partial charge in [-0.3, -0.25) is 4.98 Å². The van der Waals surface area contributed by atoms with Crippen LogP contribution in [0.3, 0.4) is 0 Å². The fraction of sp³-hybridized carbons (Fsp3) is 0.273. The molecule has 7 nitrogen and oxygen atoms in total. The molecule has 0 atom stereocenters. The van der Waals surface area contributed by atoms with Crippen LogP contribution in [0.1, 0.15) is 19.4 Å². The molecule has 0 bridgehead atoms. The SMILES string of the molecule is CCNCCc1ccc(-c2nc(N)nc3c2nc(-c2ccncc2)n3CC)cc1. The summed E-state index contributed by atoms with van der Waals surface area (Å²) in [6.45, 7) is 6.87. The number of hydrogen-bond acceptors (Lipinski definition) is 6. The quantitative estimate of drug-likeness (QED) is 0.473. The molecule has 0 amide bonds. The number of aromatic nitrogens is 5. The highest BCUT2D eigenvalue weighted by molar-refractivity contribution is 5.90. The zero-order valence-corrected chi connectivity index (χ0v) is 16.8. The van der Waals surface area contributed by atoms with Crippen LogP contribution in [-0.2, 0) is 13.0 Å². The van der Waals surface area contributed by atoms with Gasteiger partial charge in [-0.2, -0.15) is 4.98 Å². The van der Waals surface area contributed by atoms with Crippen molar-refractivity contribution in [3.8, 4) is 22.6 Å². The minimum atomic E-state index is 0.250. The summed E-state index contributed by atoms with van der Waals surface area (Å²) in [4.78, 5) is 18.0. The molecule has 3 N–H and O–H groups in total. The molecule has 7 heteroatoms. The molecule has 3 aromatic heterocycles. The Bertz CT molecular complexity index is 1100. The highest BCUT2D eigenvalue weighted by atomic mass is 15.2. The maximum absolute atomic E-state index is 6.06. The molecule has 0 aliphatic carbocycles. The molecule has 148 valence electrons. The largest absolute Gasteiger partial charge is 0.368 e. The maximum atomic E-state index is 6.06. The summed E-state index contributed by atoms with van der Waals surface area (Å²) in [6, 6.07) is 12.3. The van der Waals surface area contributed by atoms with Crippen molar-refractivity contribution in [1.82, 2.24) is 29.8 Å².